The van der Waals surface area contributed by atoms with E-state index in [0.717, 1.165) is 18.2 Å². The van der Waals surface area contributed by atoms with Gasteiger partial charge in [-0.25, -0.2) is 28.8 Å². The van der Waals surface area contributed by atoms with Crippen LogP contribution < -0.4 is 0 Å². The Morgan fingerprint density at radius 2 is 0.950 bits per heavy atom. The van der Waals surface area contributed by atoms with Crippen LogP contribution in [0.4, 0.5) is 0 Å². The molecule has 212 valence electrons. The fourth-order valence-electron chi connectivity index (χ4n) is 3.84. The highest BCUT2D eigenvalue weighted by atomic mass is 16.6. The second kappa shape index (κ2) is 12.7. The molecule has 3 aliphatic rings. The molecule has 3 heterocycles. The van der Waals surface area contributed by atoms with Crippen LogP contribution in [-0.2, 0) is 52.5 Å². The van der Waals surface area contributed by atoms with Crippen LogP contribution in [0.1, 0.15) is 40.0 Å². The summed E-state index contributed by atoms with van der Waals surface area (Å²) in [5.41, 5.74) is 0.550. The van der Waals surface area contributed by atoms with Gasteiger partial charge in [0.1, 0.15) is 0 Å². The van der Waals surface area contributed by atoms with E-state index in [0.29, 0.717) is 19.3 Å². The van der Waals surface area contributed by atoms with Gasteiger partial charge in [-0.2, -0.15) is 0 Å². The molecule has 0 amide bonds. The number of esters is 4. The predicted molar refractivity (Wildman–Crippen MR) is 131 cm³/mol. The Hall–Kier alpha value is -4.94. The second-order valence-electron chi connectivity index (χ2n) is 8.42. The molecular weight excluding hydrogens is 532 g/mol. The smallest absolute Gasteiger partial charge is 0.381 e. The molecule has 3 rings (SSSR count). The number of carbonyl (C=O) groups excluding carboxylic acids is 4. The molecule has 0 aromatic heterocycles. The van der Waals surface area contributed by atoms with Crippen molar-refractivity contribution in [2.45, 2.75) is 58.3 Å². The number of ether oxygens (including phenoxy) is 5. The number of hydrogen-bond acceptors (Lipinski definition) is 11. The molecule has 13 nitrogen and oxygen atoms in total. The quantitative estimate of drug-likeness (QED) is 0.310. The fraction of sp³-hybridized carbons (Fsp3) is 0.333. The second-order valence-corrected chi connectivity index (χ2v) is 8.42. The van der Waals surface area contributed by atoms with E-state index in [1.165, 1.54) is 12.2 Å². The maximum atomic E-state index is 12.8. The molecule has 40 heavy (non-hydrogen) atoms. The highest BCUT2D eigenvalue weighted by molar-refractivity contribution is 6.03. The first kappa shape index (κ1) is 29.6. The SMILES string of the molecule is CCC=C1C=C(C(=O)OC(=O)C2=CC(=CCC)C(C(=O)OC(=O)C3=CC(=CCC)C(C(=O)O)O3)O2)OC1C(=O)O. The average molecular weight is 558 g/mol. The first-order chi connectivity index (χ1) is 19.0. The Bertz CT molecular complexity index is 1320. The van der Waals surface area contributed by atoms with Crippen molar-refractivity contribution in [1.29, 1.82) is 0 Å². The average Bonchev–Trinajstić information content (AvgIpc) is 3.62. The van der Waals surface area contributed by atoms with Gasteiger partial charge in [0.15, 0.2) is 0 Å². The van der Waals surface area contributed by atoms with Crippen LogP contribution >= 0.6 is 0 Å². The summed E-state index contributed by atoms with van der Waals surface area (Å²) in [5, 5.41) is 18.6. The van der Waals surface area contributed by atoms with Gasteiger partial charge in [-0.1, -0.05) is 39.0 Å². The summed E-state index contributed by atoms with van der Waals surface area (Å²) in [5.74, 6) is -9.34. The van der Waals surface area contributed by atoms with Gasteiger partial charge in [-0.3, -0.25) is 0 Å². The van der Waals surface area contributed by atoms with Crippen LogP contribution in [0.15, 0.2) is 70.5 Å². The van der Waals surface area contributed by atoms with Gasteiger partial charge in [0.05, 0.1) is 0 Å². The molecule has 0 saturated heterocycles. The van der Waals surface area contributed by atoms with Gasteiger partial charge in [-0.05, 0) is 37.5 Å². The number of allylic oxidation sites excluding steroid dienone is 3. The normalized spacial score (nSPS) is 24.4. The van der Waals surface area contributed by atoms with Crippen molar-refractivity contribution in [1.82, 2.24) is 0 Å². The predicted octanol–water partition coefficient (Wildman–Crippen LogP) is 2.15. The van der Waals surface area contributed by atoms with Crippen molar-refractivity contribution in [3.05, 3.63) is 70.5 Å². The molecule has 3 aliphatic heterocycles. The van der Waals surface area contributed by atoms with E-state index in [-0.39, 0.29) is 16.7 Å². The minimum Gasteiger partial charge on any atom is -0.478 e. The summed E-state index contributed by atoms with van der Waals surface area (Å²) >= 11 is 0. The molecule has 0 radical (unpaired) electrons. The van der Waals surface area contributed by atoms with Gasteiger partial charge >= 0.3 is 35.8 Å². The largest absolute Gasteiger partial charge is 0.478 e. The summed E-state index contributed by atoms with van der Waals surface area (Å²) in [4.78, 5) is 73.0. The molecule has 3 atom stereocenters. The molecule has 13 heteroatoms. The Morgan fingerprint density at radius 3 is 1.30 bits per heavy atom. The highest BCUT2D eigenvalue weighted by Crippen LogP contribution is 2.29. The van der Waals surface area contributed by atoms with Crippen LogP contribution in [0.3, 0.4) is 0 Å². The molecule has 0 spiro atoms. The maximum absolute atomic E-state index is 12.8. The molecule has 3 unspecified atom stereocenters. The number of aliphatic carboxylic acids is 2. The van der Waals surface area contributed by atoms with Crippen molar-refractivity contribution < 1.29 is 62.7 Å². The van der Waals surface area contributed by atoms with Gasteiger partial charge in [0.2, 0.25) is 35.6 Å². The molecule has 2 N–H and O–H groups in total. The van der Waals surface area contributed by atoms with Crippen molar-refractivity contribution >= 4 is 35.8 Å². The number of carboxylic acids is 2. The van der Waals surface area contributed by atoms with Crippen LogP contribution in [0.2, 0.25) is 0 Å². The third kappa shape index (κ3) is 6.54. The van der Waals surface area contributed by atoms with Crippen molar-refractivity contribution in [2.75, 3.05) is 0 Å². The lowest BCUT2D eigenvalue weighted by atomic mass is 10.1. The van der Waals surface area contributed by atoms with Crippen molar-refractivity contribution in [3.8, 4) is 0 Å². The Labute approximate surface area is 227 Å². The Balaban J connectivity index is 1.68. The topological polar surface area (TPSA) is 189 Å². The summed E-state index contributed by atoms with van der Waals surface area (Å²) in [6.45, 7) is 5.24. The summed E-state index contributed by atoms with van der Waals surface area (Å²) in [7, 11) is 0. The van der Waals surface area contributed by atoms with Crippen LogP contribution in [0.5, 0.6) is 0 Å². The first-order valence-electron chi connectivity index (χ1n) is 12.2. The van der Waals surface area contributed by atoms with E-state index in [1.54, 1.807) is 26.8 Å². The van der Waals surface area contributed by atoms with E-state index in [2.05, 4.69) is 0 Å². The third-order valence-electron chi connectivity index (χ3n) is 5.50. The Morgan fingerprint density at radius 1 is 0.625 bits per heavy atom. The molecule has 0 saturated carbocycles. The van der Waals surface area contributed by atoms with Gasteiger partial charge in [-0.15, -0.1) is 0 Å². The zero-order valence-electron chi connectivity index (χ0n) is 21.7. The van der Waals surface area contributed by atoms with Gasteiger partial charge in [0.25, 0.3) is 0 Å². The van der Waals surface area contributed by atoms with E-state index in [9.17, 15) is 39.0 Å². The first-order valence-corrected chi connectivity index (χ1v) is 12.2. The summed E-state index contributed by atoms with van der Waals surface area (Å²) in [6.07, 6.45) is 4.87. The van der Waals surface area contributed by atoms with Crippen LogP contribution in [-0.4, -0.2) is 64.3 Å². The number of carbonyl (C=O) groups is 6. The standard InChI is InChI=1S/C27H26O13/c1-4-7-13-10-16(36-19(13)22(28)29)24(32)39-25(33)18-12-15(9-6-3)21(38-18)27(35)40-26(34)17-11-14(8-5-2)20(37-17)23(30)31/h7-12,19-21H,4-6H2,1-3H3,(H,28,29)(H,30,31). The van der Waals surface area contributed by atoms with E-state index in [4.69, 9.17) is 23.7 Å². The summed E-state index contributed by atoms with van der Waals surface area (Å²) < 4.78 is 25.1. The van der Waals surface area contributed by atoms with E-state index < -0.39 is 71.4 Å². The van der Waals surface area contributed by atoms with Gasteiger partial charge in [0, 0.05) is 16.7 Å². The van der Waals surface area contributed by atoms with Crippen molar-refractivity contribution in [3.63, 3.8) is 0 Å². The molecule has 0 fully saturated rings. The van der Waals surface area contributed by atoms with E-state index in [1.807, 2.05) is 0 Å². The zero-order chi connectivity index (χ0) is 29.6. The molecular formula is C27H26O13. The van der Waals surface area contributed by atoms with Crippen LogP contribution in [0.25, 0.3) is 0 Å². The molecule has 0 bridgehead atoms. The molecule has 0 aliphatic carbocycles. The third-order valence-corrected chi connectivity index (χ3v) is 5.50. The molecule has 0 aromatic carbocycles. The van der Waals surface area contributed by atoms with Crippen molar-refractivity contribution in [2.24, 2.45) is 0 Å². The monoisotopic (exact) mass is 558 g/mol. The highest BCUT2D eigenvalue weighted by Gasteiger charge is 2.40. The van der Waals surface area contributed by atoms with Gasteiger partial charge < -0.3 is 33.9 Å². The molecule has 0 aromatic rings. The van der Waals surface area contributed by atoms with Crippen LogP contribution in [0, 0.1) is 0 Å². The lowest BCUT2D eigenvalue weighted by Crippen LogP contribution is -2.29. The maximum Gasteiger partial charge on any atom is 0.381 e. The fourth-order valence-corrected chi connectivity index (χ4v) is 3.84. The summed E-state index contributed by atoms with van der Waals surface area (Å²) in [6, 6.07) is 0. The zero-order valence-corrected chi connectivity index (χ0v) is 21.7. The Kier molecular flexibility index (Phi) is 9.43. The lowest BCUT2D eigenvalue weighted by molar-refractivity contribution is -0.165. The lowest BCUT2D eigenvalue weighted by Gasteiger charge is -2.13. The minimum absolute atomic E-state index is 0.131. The number of hydrogen-bond donors (Lipinski definition) is 2. The number of carboxylic acid groups (broad SMARTS) is 2. The van der Waals surface area contributed by atoms with E-state index >= 15 is 0 Å². The number of rotatable bonds is 9. The minimum atomic E-state index is -1.58.